The van der Waals surface area contributed by atoms with Gasteiger partial charge < -0.3 is 30.8 Å². The second-order valence-electron chi connectivity index (χ2n) is 18.3. The van der Waals surface area contributed by atoms with E-state index in [1.807, 2.05) is 0 Å². The van der Waals surface area contributed by atoms with Gasteiger partial charge in [-0.05, 0) is 111 Å². The number of rotatable bonds is 9. The van der Waals surface area contributed by atoms with Crippen LogP contribution in [0.15, 0.2) is 48.5 Å². The zero-order chi connectivity index (χ0) is 37.9. The molecule has 10 atom stereocenters. The lowest BCUT2D eigenvalue weighted by Crippen LogP contribution is -2.55. The fourth-order valence-corrected chi connectivity index (χ4v) is 12.7. The molecule has 58 heavy (non-hydrogen) atoms. The normalized spacial score (nSPS) is 31.6. The van der Waals surface area contributed by atoms with E-state index in [4.69, 9.17) is 0 Å². The molecule has 314 valence electrons. The number of halogens is 2. The Kier molecular flexibility index (Phi) is 12.5. The number of aromatic amines is 2. The van der Waals surface area contributed by atoms with E-state index in [2.05, 4.69) is 78.9 Å². The number of aromatic nitrogens is 2. The van der Waals surface area contributed by atoms with Gasteiger partial charge >= 0.3 is 0 Å². The van der Waals surface area contributed by atoms with Gasteiger partial charge in [0.1, 0.15) is 0 Å². The molecule has 2 aromatic carbocycles. The molecule has 12 heteroatoms. The maximum absolute atomic E-state index is 13.7. The van der Waals surface area contributed by atoms with E-state index in [0.29, 0.717) is 37.8 Å². The lowest BCUT2D eigenvalue weighted by atomic mass is 9.64. The first-order valence-electron chi connectivity index (χ1n) is 22.0. The molecule has 2 amide bonds. The molecule has 10 rings (SSSR count). The minimum absolute atomic E-state index is 0. The summed E-state index contributed by atoms with van der Waals surface area (Å²) in [6, 6.07) is 17.7. The Balaban J connectivity index is 0.00000235. The monoisotopic (exact) mass is 832 g/mol. The SMILES string of the molecule is Cl.Cl.O=C(NCCCCCCNC(=O)[C@@H]1[C@H]2C[C@H]3c4[nH]c5ccccc5c4CCN3C[C@@H]2CC[C@@H]1O)[C@@H]1[C@H]2C[C@H]3c4[nH]c5ccccc5c4CCN3C[C@@H]2CC[C@@H]1O. The van der Waals surface area contributed by atoms with E-state index in [1.54, 1.807) is 0 Å². The molecule has 6 heterocycles. The average Bonchev–Trinajstić information content (AvgIpc) is 3.79. The van der Waals surface area contributed by atoms with Gasteiger partial charge in [0.05, 0.1) is 36.1 Å². The Morgan fingerprint density at radius 1 is 0.621 bits per heavy atom. The first kappa shape index (κ1) is 41.6. The van der Waals surface area contributed by atoms with Crippen LogP contribution in [0.4, 0.5) is 0 Å². The molecule has 2 saturated heterocycles. The van der Waals surface area contributed by atoms with Crippen LogP contribution in [0.2, 0.25) is 0 Å². The number of para-hydroxylation sites is 2. The average molecular weight is 834 g/mol. The molecule has 4 fully saturated rings. The van der Waals surface area contributed by atoms with E-state index in [-0.39, 0.29) is 72.4 Å². The summed E-state index contributed by atoms with van der Waals surface area (Å²) < 4.78 is 0. The number of nitrogens with zero attached hydrogens (tertiary/aromatic N) is 2. The van der Waals surface area contributed by atoms with Crippen LogP contribution in [0, 0.1) is 35.5 Å². The van der Waals surface area contributed by atoms with E-state index < -0.39 is 12.2 Å². The topological polar surface area (TPSA) is 137 Å². The van der Waals surface area contributed by atoms with Crippen molar-refractivity contribution in [3.05, 3.63) is 71.0 Å². The zero-order valence-electron chi connectivity index (χ0n) is 33.5. The summed E-state index contributed by atoms with van der Waals surface area (Å²) >= 11 is 0. The number of piperidine rings is 2. The number of aliphatic hydroxyl groups is 2. The van der Waals surface area contributed by atoms with Crippen LogP contribution in [0.25, 0.3) is 21.8 Å². The molecule has 0 bridgehead atoms. The third-order valence-corrected chi connectivity index (χ3v) is 15.4. The van der Waals surface area contributed by atoms with Gasteiger partial charge in [-0.25, -0.2) is 0 Å². The number of nitrogens with one attached hydrogen (secondary N) is 4. The molecule has 2 saturated carbocycles. The molecule has 10 nitrogen and oxygen atoms in total. The van der Waals surface area contributed by atoms with Gasteiger partial charge in [-0.15, -0.1) is 24.8 Å². The Morgan fingerprint density at radius 2 is 1.05 bits per heavy atom. The van der Waals surface area contributed by atoms with Crippen molar-refractivity contribution in [1.82, 2.24) is 30.4 Å². The van der Waals surface area contributed by atoms with Gasteiger partial charge in [0.15, 0.2) is 0 Å². The number of aliphatic hydroxyl groups excluding tert-OH is 2. The number of hydrogen-bond acceptors (Lipinski definition) is 6. The van der Waals surface area contributed by atoms with Gasteiger partial charge in [0.25, 0.3) is 0 Å². The highest BCUT2D eigenvalue weighted by Crippen LogP contribution is 2.51. The van der Waals surface area contributed by atoms with Crippen molar-refractivity contribution < 1.29 is 19.8 Å². The fraction of sp³-hybridized carbons (Fsp3) is 0.609. The molecule has 2 aliphatic carbocycles. The standard InChI is InChI=1S/C46H60N6O4.2ClH/c53-39-15-13-27-25-51-21-17-31-29-9-3-5-11-35(29)49-43(31)37(51)23-33(27)41(39)45(55)47-19-7-1-2-8-20-48-46(56)42-34-24-38-44-32(30-10-4-6-12-36(30)50-44)18-22-52(38)26-28(34)14-16-40(42)54;;/h3-6,9-12,27-28,33-34,37-42,49-50,53-54H,1-2,7-8,13-26H2,(H,47,55)(H,48,56);2*1H/t27-,28-,33-,34-,37-,38-,39-,40-,41+,42+;;/m0../s1. The maximum atomic E-state index is 13.7. The predicted octanol–water partition coefficient (Wildman–Crippen LogP) is 6.60. The fourth-order valence-electron chi connectivity index (χ4n) is 12.7. The molecule has 0 unspecified atom stereocenters. The third kappa shape index (κ3) is 7.49. The van der Waals surface area contributed by atoms with Gasteiger partial charge in [0.2, 0.25) is 11.8 Å². The van der Waals surface area contributed by atoms with Crippen molar-refractivity contribution in [2.24, 2.45) is 35.5 Å². The van der Waals surface area contributed by atoms with Gasteiger partial charge in [0, 0.05) is 72.5 Å². The van der Waals surface area contributed by atoms with Crippen LogP contribution in [-0.2, 0) is 22.4 Å². The van der Waals surface area contributed by atoms with Crippen molar-refractivity contribution in [3.8, 4) is 0 Å². The van der Waals surface area contributed by atoms with E-state index >= 15 is 0 Å². The summed E-state index contributed by atoms with van der Waals surface area (Å²) in [5, 5.41) is 31.5. The Bertz CT molecular complexity index is 1940. The van der Waals surface area contributed by atoms with Crippen LogP contribution < -0.4 is 10.6 Å². The highest BCUT2D eigenvalue weighted by Gasteiger charge is 2.50. The number of carbonyl (C=O) groups excluding carboxylic acids is 2. The molecule has 0 spiro atoms. The number of amides is 2. The predicted molar refractivity (Wildman–Crippen MR) is 232 cm³/mol. The van der Waals surface area contributed by atoms with Crippen molar-refractivity contribution >= 4 is 58.4 Å². The molecular weight excluding hydrogens is 771 g/mol. The number of fused-ring (bicyclic) bond motifs is 12. The number of hydrogen-bond donors (Lipinski definition) is 6. The lowest BCUT2D eigenvalue weighted by molar-refractivity contribution is -0.140. The van der Waals surface area contributed by atoms with Crippen molar-refractivity contribution in [1.29, 1.82) is 0 Å². The first-order valence-corrected chi connectivity index (χ1v) is 22.0. The van der Waals surface area contributed by atoms with Crippen LogP contribution in [-0.4, -0.2) is 93.3 Å². The van der Waals surface area contributed by atoms with Gasteiger partial charge in [-0.1, -0.05) is 49.2 Å². The highest BCUT2D eigenvalue weighted by atomic mass is 35.5. The minimum Gasteiger partial charge on any atom is -0.392 e. The Labute approximate surface area is 354 Å². The summed E-state index contributed by atoms with van der Waals surface area (Å²) in [7, 11) is 0. The van der Waals surface area contributed by atoms with Crippen LogP contribution in [0.1, 0.15) is 98.8 Å². The molecule has 4 aliphatic heterocycles. The van der Waals surface area contributed by atoms with Crippen molar-refractivity contribution in [2.75, 3.05) is 39.3 Å². The quantitative estimate of drug-likeness (QED) is 0.105. The van der Waals surface area contributed by atoms with Crippen molar-refractivity contribution in [2.45, 2.75) is 101 Å². The molecule has 2 aromatic heterocycles. The van der Waals surface area contributed by atoms with Crippen molar-refractivity contribution in [3.63, 3.8) is 0 Å². The summed E-state index contributed by atoms with van der Waals surface area (Å²) in [5.74, 6) is 0.574. The smallest absolute Gasteiger partial charge is 0.226 e. The number of carbonyl (C=O) groups is 2. The highest BCUT2D eigenvalue weighted by molar-refractivity contribution is 5.86. The zero-order valence-corrected chi connectivity index (χ0v) is 35.2. The molecular formula is C46H62Cl2N6O4. The second kappa shape index (κ2) is 17.5. The maximum Gasteiger partial charge on any atom is 0.226 e. The van der Waals surface area contributed by atoms with Gasteiger partial charge in [-0.2, -0.15) is 0 Å². The Morgan fingerprint density at radius 3 is 1.50 bits per heavy atom. The molecule has 6 aliphatic rings. The summed E-state index contributed by atoms with van der Waals surface area (Å²) in [6.45, 7) is 5.35. The van der Waals surface area contributed by atoms with E-state index in [1.165, 1.54) is 44.3 Å². The third-order valence-electron chi connectivity index (χ3n) is 15.4. The largest absolute Gasteiger partial charge is 0.392 e. The van der Waals surface area contributed by atoms with Crippen LogP contribution >= 0.6 is 24.8 Å². The van der Waals surface area contributed by atoms with E-state index in [0.717, 1.165) is 90.4 Å². The first-order chi connectivity index (χ1) is 27.4. The van der Waals surface area contributed by atoms with Crippen LogP contribution in [0.5, 0.6) is 0 Å². The minimum atomic E-state index is -0.587. The summed E-state index contributed by atoms with van der Waals surface area (Å²) in [6.07, 6.45) is 9.84. The molecule has 4 aromatic rings. The number of unbranched alkanes of at least 4 members (excludes halogenated alkanes) is 3. The Hall–Kier alpha value is -3.12. The van der Waals surface area contributed by atoms with Crippen LogP contribution in [0.3, 0.4) is 0 Å². The number of H-pyrrole nitrogens is 2. The second-order valence-corrected chi connectivity index (χ2v) is 18.3. The summed E-state index contributed by atoms with van der Waals surface area (Å²) in [5.41, 5.74) is 7.90. The van der Waals surface area contributed by atoms with E-state index in [9.17, 15) is 19.8 Å². The van der Waals surface area contributed by atoms with Gasteiger partial charge in [-0.3, -0.25) is 19.4 Å². The lowest BCUT2D eigenvalue weighted by Gasteiger charge is -2.51. The number of benzene rings is 2. The molecule has 6 N–H and O–H groups in total. The summed E-state index contributed by atoms with van der Waals surface area (Å²) in [4.78, 5) is 40.2. The molecule has 0 radical (unpaired) electrons.